The molecular formula is C12H16N4S. The van der Waals surface area contributed by atoms with E-state index in [0.717, 1.165) is 29.1 Å². The highest BCUT2D eigenvalue weighted by molar-refractivity contribution is 7.09. The molecular weight excluding hydrogens is 232 g/mol. The highest BCUT2D eigenvalue weighted by atomic mass is 32.1. The molecule has 2 aromatic rings. The molecule has 4 N–H and O–H groups in total. The summed E-state index contributed by atoms with van der Waals surface area (Å²) in [6.45, 7) is 2.00. The van der Waals surface area contributed by atoms with Crippen LogP contribution in [0.4, 0.5) is 5.82 Å². The Morgan fingerprint density at radius 1 is 1.41 bits per heavy atom. The summed E-state index contributed by atoms with van der Waals surface area (Å²) < 4.78 is 0. The van der Waals surface area contributed by atoms with E-state index in [1.165, 1.54) is 0 Å². The molecule has 0 fully saturated rings. The minimum Gasteiger partial charge on any atom is -0.383 e. The highest BCUT2D eigenvalue weighted by Gasteiger charge is 2.09. The van der Waals surface area contributed by atoms with Crippen LogP contribution in [0.2, 0.25) is 0 Å². The maximum Gasteiger partial charge on any atom is 0.126 e. The van der Waals surface area contributed by atoms with Crippen LogP contribution in [0.1, 0.15) is 16.3 Å². The van der Waals surface area contributed by atoms with Gasteiger partial charge in [-0.2, -0.15) is 0 Å². The van der Waals surface area contributed by atoms with Gasteiger partial charge in [-0.1, -0.05) is 6.07 Å². The van der Waals surface area contributed by atoms with Crippen LogP contribution in [-0.4, -0.2) is 16.0 Å². The lowest BCUT2D eigenvalue weighted by Gasteiger charge is -2.11. The summed E-state index contributed by atoms with van der Waals surface area (Å²) in [7, 11) is 0. The second kappa shape index (κ2) is 5.25. The second-order valence-electron chi connectivity index (χ2n) is 4.07. The van der Waals surface area contributed by atoms with Crippen molar-refractivity contribution in [2.24, 2.45) is 5.73 Å². The molecule has 1 atom stereocenters. The minimum absolute atomic E-state index is 0.0306. The third-order valence-electron chi connectivity index (χ3n) is 2.55. The first-order valence-corrected chi connectivity index (χ1v) is 6.39. The maximum atomic E-state index is 6.10. The van der Waals surface area contributed by atoms with Crippen molar-refractivity contribution in [1.82, 2.24) is 9.97 Å². The number of anilines is 1. The Morgan fingerprint density at radius 2 is 2.24 bits per heavy atom. The molecule has 0 radical (unpaired) electrons. The molecule has 0 aliphatic heterocycles. The Labute approximate surface area is 105 Å². The first kappa shape index (κ1) is 12.0. The fraction of sp³-hybridized carbons (Fsp3) is 0.333. The molecule has 2 aromatic heterocycles. The third-order valence-corrected chi connectivity index (χ3v) is 3.37. The van der Waals surface area contributed by atoms with Gasteiger partial charge in [0, 0.05) is 24.0 Å². The van der Waals surface area contributed by atoms with Crippen molar-refractivity contribution in [1.29, 1.82) is 0 Å². The van der Waals surface area contributed by atoms with E-state index in [2.05, 4.69) is 15.3 Å². The molecule has 1 unspecified atom stereocenters. The summed E-state index contributed by atoms with van der Waals surface area (Å²) in [5, 5.41) is 3.13. The lowest BCUT2D eigenvalue weighted by Crippen LogP contribution is -2.26. The number of hydrogen-bond donors (Lipinski definition) is 2. The van der Waals surface area contributed by atoms with Gasteiger partial charge in [0.15, 0.2) is 0 Å². The molecule has 4 nitrogen and oxygen atoms in total. The lowest BCUT2D eigenvalue weighted by molar-refractivity contribution is 0.655. The first-order chi connectivity index (χ1) is 8.15. The lowest BCUT2D eigenvalue weighted by atomic mass is 10.0. The normalized spacial score (nSPS) is 12.6. The van der Waals surface area contributed by atoms with Gasteiger partial charge in [0.2, 0.25) is 0 Å². The number of thiazole rings is 1. The van der Waals surface area contributed by atoms with E-state index in [9.17, 15) is 0 Å². The van der Waals surface area contributed by atoms with Gasteiger partial charge in [-0.3, -0.25) is 0 Å². The number of aromatic nitrogens is 2. The van der Waals surface area contributed by atoms with Crippen LogP contribution in [0.15, 0.2) is 23.7 Å². The van der Waals surface area contributed by atoms with Gasteiger partial charge in [-0.25, -0.2) is 9.97 Å². The monoisotopic (exact) mass is 248 g/mol. The molecule has 2 heterocycles. The molecule has 0 bridgehead atoms. The van der Waals surface area contributed by atoms with Crippen LogP contribution >= 0.6 is 11.3 Å². The van der Waals surface area contributed by atoms with Gasteiger partial charge in [0.05, 0.1) is 10.7 Å². The Kier molecular flexibility index (Phi) is 3.71. The van der Waals surface area contributed by atoms with Crippen LogP contribution in [-0.2, 0) is 12.8 Å². The fourth-order valence-electron chi connectivity index (χ4n) is 1.75. The Morgan fingerprint density at radius 3 is 2.88 bits per heavy atom. The second-order valence-corrected chi connectivity index (χ2v) is 5.14. The van der Waals surface area contributed by atoms with Gasteiger partial charge in [-0.05, 0) is 25.0 Å². The number of hydrogen-bond acceptors (Lipinski definition) is 5. The topological polar surface area (TPSA) is 77.8 Å². The SMILES string of the molecule is Cc1nc(CC(N)Cc2cccnc2N)cs1. The zero-order chi connectivity index (χ0) is 12.3. The number of aryl methyl sites for hydroxylation is 1. The number of rotatable bonds is 4. The maximum absolute atomic E-state index is 6.10. The Balaban J connectivity index is 1.98. The van der Waals surface area contributed by atoms with Crippen molar-refractivity contribution in [2.45, 2.75) is 25.8 Å². The summed E-state index contributed by atoms with van der Waals surface area (Å²) in [6.07, 6.45) is 3.20. The van der Waals surface area contributed by atoms with Crippen LogP contribution in [0.25, 0.3) is 0 Å². The number of nitrogens with zero attached hydrogens (tertiary/aromatic N) is 2. The third kappa shape index (κ3) is 3.25. The van der Waals surface area contributed by atoms with Crippen molar-refractivity contribution in [3.05, 3.63) is 40.0 Å². The summed E-state index contributed by atoms with van der Waals surface area (Å²) in [5.74, 6) is 0.567. The van der Waals surface area contributed by atoms with E-state index >= 15 is 0 Å². The fourth-order valence-corrected chi connectivity index (χ4v) is 2.37. The van der Waals surface area contributed by atoms with Gasteiger partial charge < -0.3 is 11.5 Å². The predicted octanol–water partition coefficient (Wildman–Crippen LogP) is 1.54. The molecule has 0 saturated carbocycles. The number of nitrogen functional groups attached to an aromatic ring is 1. The van der Waals surface area contributed by atoms with Crippen LogP contribution in [0, 0.1) is 6.92 Å². The zero-order valence-corrected chi connectivity index (χ0v) is 10.6. The molecule has 2 rings (SSSR count). The van der Waals surface area contributed by atoms with Crippen LogP contribution in [0.5, 0.6) is 0 Å². The van der Waals surface area contributed by atoms with Crippen molar-refractivity contribution < 1.29 is 0 Å². The standard InChI is InChI=1S/C12H16N4S/c1-8-16-11(7-17-8)6-10(13)5-9-3-2-4-15-12(9)14/h2-4,7,10H,5-6,13H2,1H3,(H2,14,15). The number of pyridine rings is 1. The molecule has 0 aliphatic rings. The summed E-state index contributed by atoms with van der Waals surface area (Å²) >= 11 is 1.65. The van der Waals surface area contributed by atoms with E-state index < -0.39 is 0 Å². The first-order valence-electron chi connectivity index (χ1n) is 5.51. The Bertz CT molecular complexity index is 495. The van der Waals surface area contributed by atoms with Crippen molar-refractivity contribution in [3.8, 4) is 0 Å². The van der Waals surface area contributed by atoms with E-state index in [1.54, 1.807) is 17.5 Å². The Hall–Kier alpha value is -1.46. The highest BCUT2D eigenvalue weighted by Crippen LogP contribution is 2.13. The van der Waals surface area contributed by atoms with Gasteiger partial charge in [-0.15, -0.1) is 11.3 Å². The largest absolute Gasteiger partial charge is 0.383 e. The van der Waals surface area contributed by atoms with E-state index in [1.807, 2.05) is 19.1 Å². The van der Waals surface area contributed by atoms with Crippen molar-refractivity contribution in [3.63, 3.8) is 0 Å². The molecule has 17 heavy (non-hydrogen) atoms. The van der Waals surface area contributed by atoms with E-state index in [4.69, 9.17) is 11.5 Å². The molecule has 0 amide bonds. The molecule has 0 aromatic carbocycles. The van der Waals surface area contributed by atoms with E-state index in [-0.39, 0.29) is 6.04 Å². The average molecular weight is 248 g/mol. The summed E-state index contributed by atoms with van der Waals surface area (Å²) in [5.41, 5.74) is 13.9. The van der Waals surface area contributed by atoms with Crippen LogP contribution < -0.4 is 11.5 Å². The molecule has 90 valence electrons. The zero-order valence-electron chi connectivity index (χ0n) is 9.76. The molecule has 0 aliphatic carbocycles. The van der Waals surface area contributed by atoms with Gasteiger partial charge >= 0.3 is 0 Å². The van der Waals surface area contributed by atoms with Crippen molar-refractivity contribution >= 4 is 17.2 Å². The smallest absolute Gasteiger partial charge is 0.126 e. The predicted molar refractivity (Wildman–Crippen MR) is 70.9 cm³/mol. The van der Waals surface area contributed by atoms with E-state index in [0.29, 0.717) is 5.82 Å². The molecule has 5 heteroatoms. The van der Waals surface area contributed by atoms with Crippen molar-refractivity contribution in [2.75, 3.05) is 5.73 Å². The molecule has 0 saturated heterocycles. The minimum atomic E-state index is 0.0306. The molecule has 0 spiro atoms. The summed E-state index contributed by atoms with van der Waals surface area (Å²) in [4.78, 5) is 8.46. The average Bonchev–Trinajstić information content (AvgIpc) is 2.67. The van der Waals surface area contributed by atoms with Gasteiger partial charge in [0.25, 0.3) is 0 Å². The summed E-state index contributed by atoms with van der Waals surface area (Å²) in [6, 6.07) is 3.88. The quantitative estimate of drug-likeness (QED) is 0.860. The van der Waals surface area contributed by atoms with Gasteiger partial charge in [0.1, 0.15) is 5.82 Å². The van der Waals surface area contributed by atoms with Crippen LogP contribution in [0.3, 0.4) is 0 Å². The number of nitrogens with two attached hydrogens (primary N) is 2.